The van der Waals surface area contributed by atoms with Crippen LogP contribution in [0.2, 0.25) is 0 Å². The normalized spacial score (nSPS) is 21.7. The number of carbonyl (C=O) groups is 1. The zero-order valence-electron chi connectivity index (χ0n) is 26.9. The Morgan fingerprint density at radius 3 is 1.88 bits per heavy atom. The monoisotopic (exact) mass is 676 g/mol. The highest BCUT2D eigenvalue weighted by molar-refractivity contribution is 7.99. The van der Waals surface area contributed by atoms with Gasteiger partial charge in [0.05, 0.1) is 51.7 Å². The van der Waals surface area contributed by atoms with Crippen molar-refractivity contribution < 1.29 is 33.2 Å². The number of hydrogen-bond acceptors (Lipinski definition) is 10. The molecule has 0 aliphatic carbocycles. The molecule has 13 nitrogen and oxygen atoms in total. The van der Waals surface area contributed by atoms with Gasteiger partial charge in [-0.1, -0.05) is 101 Å². The minimum atomic E-state index is -0.822. The van der Waals surface area contributed by atoms with Crippen LogP contribution in [0.1, 0.15) is 25.0 Å². The van der Waals surface area contributed by atoms with Crippen LogP contribution in [0.15, 0.2) is 106 Å². The molecule has 3 aromatic carbocycles. The maximum atomic E-state index is 11.6. The number of hydrogen-bond donors (Lipinski definition) is 0. The topological polar surface area (TPSA) is 170 Å². The van der Waals surface area contributed by atoms with Crippen molar-refractivity contribution in [2.75, 3.05) is 26.3 Å². The largest absolute Gasteiger partial charge is 0.460 e. The lowest BCUT2D eigenvalue weighted by Crippen LogP contribution is -2.59. The van der Waals surface area contributed by atoms with Crippen molar-refractivity contribution in [3.8, 4) is 0 Å². The molecule has 254 valence electrons. The Labute approximate surface area is 284 Å². The molecule has 14 heteroatoms. The van der Waals surface area contributed by atoms with Crippen molar-refractivity contribution in [2.24, 2.45) is 10.2 Å². The standard InChI is InChI=1S/C34H40N6O7S/c1-24-31(45-22-28(18-37-39-35)42-23-29(19-38-40-36)47-25(2)41)32(43-20-26-12-6-3-7-13-26)33(44-21-27-14-8-4-9-15-27)34(46-24)48-30-16-10-5-11-17-30/h3-17,24,28-29,31-34H,18-23H2,1-2H3/t24-,28-,29-,31-,32+,33-,34+/m1/s1. The van der Waals surface area contributed by atoms with E-state index < -0.39 is 48.0 Å². The first kappa shape index (κ1) is 36.7. The number of thioether (sulfide) groups is 1. The number of azide groups is 2. The van der Waals surface area contributed by atoms with Crippen molar-refractivity contribution in [1.29, 1.82) is 0 Å². The summed E-state index contributed by atoms with van der Waals surface area (Å²) in [5.41, 5.74) is 19.3. The number of benzene rings is 3. The lowest BCUT2D eigenvalue weighted by atomic mass is 9.99. The van der Waals surface area contributed by atoms with Gasteiger partial charge in [-0.2, -0.15) is 0 Å². The van der Waals surface area contributed by atoms with E-state index in [0.29, 0.717) is 13.2 Å². The van der Waals surface area contributed by atoms with E-state index in [-0.39, 0.29) is 26.3 Å². The molecule has 1 aliphatic heterocycles. The van der Waals surface area contributed by atoms with Gasteiger partial charge in [0, 0.05) is 21.6 Å². The lowest BCUT2D eigenvalue weighted by molar-refractivity contribution is -0.245. The summed E-state index contributed by atoms with van der Waals surface area (Å²) in [6, 6.07) is 29.7. The molecule has 0 amide bonds. The van der Waals surface area contributed by atoms with Crippen LogP contribution >= 0.6 is 11.8 Å². The third-order valence-corrected chi connectivity index (χ3v) is 8.47. The summed E-state index contributed by atoms with van der Waals surface area (Å²) >= 11 is 1.56. The highest BCUT2D eigenvalue weighted by Crippen LogP contribution is 2.37. The number of carbonyl (C=O) groups excluding carboxylic acids is 1. The van der Waals surface area contributed by atoms with Crippen LogP contribution in [-0.2, 0) is 46.4 Å². The molecule has 0 saturated carbocycles. The summed E-state index contributed by atoms with van der Waals surface area (Å²) in [4.78, 5) is 18.2. The molecule has 4 rings (SSSR count). The van der Waals surface area contributed by atoms with Crippen LogP contribution in [0.25, 0.3) is 20.9 Å². The third-order valence-electron chi connectivity index (χ3n) is 7.32. The first-order chi connectivity index (χ1) is 23.5. The van der Waals surface area contributed by atoms with E-state index in [1.165, 1.54) is 6.92 Å². The van der Waals surface area contributed by atoms with Gasteiger partial charge in [-0.3, -0.25) is 4.79 Å². The average Bonchev–Trinajstić information content (AvgIpc) is 3.10. The molecule has 0 bridgehead atoms. The Morgan fingerprint density at radius 1 is 0.771 bits per heavy atom. The summed E-state index contributed by atoms with van der Waals surface area (Å²) in [6.07, 6.45) is -3.69. The molecule has 1 aliphatic rings. The molecule has 0 radical (unpaired) electrons. The fraction of sp³-hybridized carbons (Fsp3) is 0.441. The Kier molecular flexibility index (Phi) is 15.5. The van der Waals surface area contributed by atoms with E-state index in [1.54, 1.807) is 11.8 Å². The van der Waals surface area contributed by atoms with E-state index in [4.69, 9.17) is 39.5 Å². The molecule has 0 aromatic heterocycles. The summed E-state index contributed by atoms with van der Waals surface area (Å²) in [6.45, 7) is 3.55. The minimum absolute atomic E-state index is 0.00120. The molecule has 1 fully saturated rings. The number of ether oxygens (including phenoxy) is 6. The van der Waals surface area contributed by atoms with Gasteiger partial charge >= 0.3 is 5.97 Å². The number of nitrogens with zero attached hydrogens (tertiary/aromatic N) is 6. The van der Waals surface area contributed by atoms with E-state index in [1.807, 2.05) is 97.9 Å². The first-order valence-corrected chi connectivity index (χ1v) is 16.4. The summed E-state index contributed by atoms with van der Waals surface area (Å²) in [5.74, 6) is -0.546. The molecule has 7 atom stereocenters. The zero-order valence-corrected chi connectivity index (χ0v) is 27.7. The first-order valence-electron chi connectivity index (χ1n) is 15.6. The average molecular weight is 677 g/mol. The predicted molar refractivity (Wildman–Crippen MR) is 180 cm³/mol. The maximum Gasteiger partial charge on any atom is 0.302 e. The summed E-state index contributed by atoms with van der Waals surface area (Å²) in [5, 5.41) is 7.18. The van der Waals surface area contributed by atoms with Crippen LogP contribution in [0, 0.1) is 0 Å². The van der Waals surface area contributed by atoms with Crippen LogP contribution in [-0.4, -0.2) is 74.3 Å². The fourth-order valence-electron chi connectivity index (χ4n) is 5.06. The van der Waals surface area contributed by atoms with Crippen molar-refractivity contribution in [3.05, 3.63) is 123 Å². The lowest BCUT2D eigenvalue weighted by Gasteiger charge is -2.45. The van der Waals surface area contributed by atoms with Crippen LogP contribution in [0.5, 0.6) is 0 Å². The second kappa shape index (κ2) is 20.3. The van der Waals surface area contributed by atoms with Gasteiger partial charge in [0.15, 0.2) is 0 Å². The highest BCUT2D eigenvalue weighted by Gasteiger charge is 2.47. The van der Waals surface area contributed by atoms with Crippen LogP contribution in [0.4, 0.5) is 0 Å². The molecule has 48 heavy (non-hydrogen) atoms. The molecular weight excluding hydrogens is 636 g/mol. The van der Waals surface area contributed by atoms with E-state index in [2.05, 4.69) is 20.1 Å². The third kappa shape index (κ3) is 12.2. The molecule has 3 aromatic rings. The van der Waals surface area contributed by atoms with E-state index >= 15 is 0 Å². The van der Waals surface area contributed by atoms with Gasteiger partial charge in [-0.05, 0) is 41.2 Å². The van der Waals surface area contributed by atoms with Gasteiger partial charge in [-0.25, -0.2) is 0 Å². The highest BCUT2D eigenvalue weighted by atomic mass is 32.2. The number of rotatable bonds is 19. The minimum Gasteiger partial charge on any atom is -0.460 e. The predicted octanol–water partition coefficient (Wildman–Crippen LogP) is 7.02. The molecule has 1 saturated heterocycles. The van der Waals surface area contributed by atoms with Gasteiger partial charge in [0.2, 0.25) is 0 Å². The van der Waals surface area contributed by atoms with Gasteiger partial charge < -0.3 is 28.4 Å². The second-order valence-corrected chi connectivity index (χ2v) is 12.1. The molecule has 1 heterocycles. The van der Waals surface area contributed by atoms with Crippen molar-refractivity contribution in [3.63, 3.8) is 0 Å². The van der Waals surface area contributed by atoms with Crippen LogP contribution in [0.3, 0.4) is 0 Å². The zero-order chi connectivity index (χ0) is 34.0. The summed E-state index contributed by atoms with van der Waals surface area (Å²) in [7, 11) is 0. The summed E-state index contributed by atoms with van der Waals surface area (Å²) < 4.78 is 37.5. The Morgan fingerprint density at radius 2 is 1.31 bits per heavy atom. The number of esters is 1. The van der Waals surface area contributed by atoms with Crippen molar-refractivity contribution in [2.45, 2.75) is 74.0 Å². The van der Waals surface area contributed by atoms with E-state index in [9.17, 15) is 4.79 Å². The Bertz CT molecular complexity index is 1480. The van der Waals surface area contributed by atoms with Crippen molar-refractivity contribution in [1.82, 2.24) is 0 Å². The SMILES string of the molecule is CC(=O)O[C@H](CN=[N+]=[N-])CO[C@H](CN=[N+]=[N-])CO[C@H]1[C@H](OCc2ccccc2)[C@@H](OCc2ccccc2)[C@H](Sc2ccccc2)O[C@@H]1C. The van der Waals surface area contributed by atoms with E-state index in [0.717, 1.165) is 16.0 Å². The maximum absolute atomic E-state index is 11.6. The molecule has 0 unspecified atom stereocenters. The Balaban J connectivity index is 1.57. The Hall–Kier alpha value is -4.10. The molecule has 0 spiro atoms. The second-order valence-electron chi connectivity index (χ2n) is 11.0. The van der Waals surface area contributed by atoms with Gasteiger partial charge in [-0.15, -0.1) is 0 Å². The fourth-order valence-corrected chi connectivity index (χ4v) is 6.24. The molecular formula is C34H40N6O7S. The van der Waals surface area contributed by atoms with Gasteiger partial charge in [0.25, 0.3) is 0 Å². The van der Waals surface area contributed by atoms with Crippen molar-refractivity contribution >= 4 is 17.7 Å². The smallest absolute Gasteiger partial charge is 0.302 e. The quantitative estimate of drug-likeness (QED) is 0.0564. The van der Waals surface area contributed by atoms with Crippen LogP contribution < -0.4 is 0 Å². The molecule has 0 N–H and O–H groups in total. The van der Waals surface area contributed by atoms with Gasteiger partial charge in [0.1, 0.15) is 29.9 Å².